The molecule has 6 rings (SSSR count). The fourth-order valence-corrected chi connectivity index (χ4v) is 6.88. The fraction of sp³-hybridized carbons (Fsp3) is 0.459. The topological polar surface area (TPSA) is 120 Å². The van der Waals surface area contributed by atoms with Gasteiger partial charge in [-0.25, -0.2) is 14.8 Å². The second-order valence-corrected chi connectivity index (χ2v) is 13.7. The lowest BCUT2D eigenvalue weighted by molar-refractivity contribution is 0.0111. The number of fused-ring (bicyclic) bond motifs is 1. The number of amides is 1. The Bertz CT molecular complexity index is 1860. The number of carbonyl (C=O) groups excluding carboxylic acids is 1. The van der Waals surface area contributed by atoms with Crippen LogP contribution in [0.4, 0.5) is 16.4 Å². The highest BCUT2D eigenvalue weighted by molar-refractivity contribution is 5.95. The number of pyridine rings is 1. The Morgan fingerprint density at radius 1 is 0.959 bits per heavy atom. The van der Waals surface area contributed by atoms with Crippen LogP contribution in [0.5, 0.6) is 28.9 Å². The zero-order chi connectivity index (χ0) is 34.9. The molecule has 1 N–H and O–H groups in total. The van der Waals surface area contributed by atoms with Gasteiger partial charge in [0.05, 0.1) is 32.4 Å². The highest BCUT2D eigenvalue weighted by Gasteiger charge is 2.49. The number of rotatable bonds is 9. The normalized spacial score (nSPS) is 17.5. The van der Waals surface area contributed by atoms with E-state index in [1.54, 1.807) is 21.3 Å². The van der Waals surface area contributed by atoms with Crippen molar-refractivity contribution in [2.24, 2.45) is 0 Å². The lowest BCUT2D eigenvalue weighted by atomic mass is 9.95. The van der Waals surface area contributed by atoms with E-state index in [1.165, 1.54) is 6.33 Å². The molecule has 12 nitrogen and oxygen atoms in total. The Kier molecular flexibility index (Phi) is 9.32. The molecule has 0 saturated carbocycles. The quantitative estimate of drug-likeness (QED) is 0.197. The Hall–Kier alpha value is -5.00. The zero-order valence-electron chi connectivity index (χ0n) is 29.7. The van der Waals surface area contributed by atoms with Crippen molar-refractivity contribution in [2.75, 3.05) is 51.2 Å². The largest absolute Gasteiger partial charge is 0.497 e. The molecule has 2 aliphatic heterocycles. The molecule has 2 aromatic heterocycles. The molecular weight excluding hydrogens is 624 g/mol. The van der Waals surface area contributed by atoms with Crippen LogP contribution >= 0.6 is 0 Å². The van der Waals surface area contributed by atoms with Crippen LogP contribution in [-0.4, -0.2) is 78.0 Å². The summed E-state index contributed by atoms with van der Waals surface area (Å²) in [4.78, 5) is 31.9. The molecule has 4 heterocycles. The number of nitrogens with zero attached hydrogens (tertiary/aromatic N) is 5. The monoisotopic (exact) mass is 670 g/mol. The summed E-state index contributed by atoms with van der Waals surface area (Å²) in [6, 6.07) is 11.6. The van der Waals surface area contributed by atoms with Gasteiger partial charge in [0.25, 0.3) is 0 Å². The van der Waals surface area contributed by atoms with E-state index < -0.39 is 5.60 Å². The van der Waals surface area contributed by atoms with Crippen LogP contribution in [0.3, 0.4) is 0 Å². The molecule has 49 heavy (non-hydrogen) atoms. The van der Waals surface area contributed by atoms with Gasteiger partial charge in [-0.1, -0.05) is 6.07 Å². The van der Waals surface area contributed by atoms with E-state index in [2.05, 4.69) is 15.2 Å². The van der Waals surface area contributed by atoms with Gasteiger partial charge in [-0.15, -0.1) is 0 Å². The minimum atomic E-state index is -0.564. The first-order chi connectivity index (χ1) is 23.4. The van der Waals surface area contributed by atoms with E-state index in [-0.39, 0.29) is 11.6 Å². The smallest absolute Gasteiger partial charge is 0.410 e. The maximum absolute atomic E-state index is 13.3. The van der Waals surface area contributed by atoms with E-state index >= 15 is 0 Å². The van der Waals surface area contributed by atoms with Crippen LogP contribution in [0.2, 0.25) is 0 Å². The Labute approximate surface area is 287 Å². The standard InChI is InChI=1S/C37H46N6O6/c1-23-10-13-28(46-7)24(2)32(23)48-34-31-27(39-22-40-33(31)38-20-25-11-12-26(45-6)18-29(25)47-8)19-30(41-34)42-17-15-37(21-42)14-9-16-43(37)35(44)49-36(3,4)5/h10-13,18-19,22H,9,14-17,20-21H2,1-8H3,(H,38,39,40). The van der Waals surface area contributed by atoms with Crippen molar-refractivity contribution >= 4 is 28.6 Å². The summed E-state index contributed by atoms with van der Waals surface area (Å²) in [5.41, 5.74) is 2.51. The van der Waals surface area contributed by atoms with Crippen molar-refractivity contribution < 1.29 is 28.5 Å². The lowest BCUT2D eigenvalue weighted by Crippen LogP contribution is -2.50. The van der Waals surface area contributed by atoms with Crippen LogP contribution < -0.4 is 29.2 Å². The number of anilines is 2. The maximum atomic E-state index is 13.3. The molecule has 12 heteroatoms. The molecule has 2 fully saturated rings. The third-order valence-corrected chi connectivity index (χ3v) is 9.35. The Balaban J connectivity index is 1.39. The molecule has 1 atom stereocenters. The van der Waals surface area contributed by atoms with Gasteiger partial charge in [-0.3, -0.25) is 0 Å². The van der Waals surface area contributed by atoms with Gasteiger partial charge in [-0.2, -0.15) is 4.98 Å². The summed E-state index contributed by atoms with van der Waals surface area (Å²) in [5, 5.41) is 4.12. The molecule has 2 aromatic carbocycles. The van der Waals surface area contributed by atoms with E-state index in [9.17, 15) is 4.79 Å². The van der Waals surface area contributed by atoms with Crippen LogP contribution in [-0.2, 0) is 11.3 Å². The molecule has 4 aromatic rings. The van der Waals surface area contributed by atoms with Gasteiger partial charge >= 0.3 is 6.09 Å². The van der Waals surface area contributed by atoms with Crippen molar-refractivity contribution in [3.63, 3.8) is 0 Å². The van der Waals surface area contributed by atoms with Crippen molar-refractivity contribution in [3.8, 4) is 28.9 Å². The van der Waals surface area contributed by atoms with Crippen LogP contribution in [0.1, 0.15) is 56.7 Å². The number of aryl methyl sites for hydroxylation is 1. The van der Waals surface area contributed by atoms with Gasteiger partial charge in [0.1, 0.15) is 51.9 Å². The number of hydrogen-bond donors (Lipinski definition) is 1. The number of benzene rings is 2. The number of carbonyl (C=O) groups is 1. The Morgan fingerprint density at radius 3 is 2.49 bits per heavy atom. The third-order valence-electron chi connectivity index (χ3n) is 9.35. The molecule has 1 spiro atoms. The molecule has 1 amide bonds. The number of nitrogens with one attached hydrogen (secondary N) is 1. The zero-order valence-corrected chi connectivity index (χ0v) is 29.7. The minimum absolute atomic E-state index is 0.261. The van der Waals surface area contributed by atoms with Gasteiger partial charge in [-0.05, 0) is 77.6 Å². The van der Waals surface area contributed by atoms with E-state index in [0.29, 0.717) is 65.2 Å². The van der Waals surface area contributed by atoms with Gasteiger partial charge in [0, 0.05) is 49.4 Å². The fourth-order valence-electron chi connectivity index (χ4n) is 6.88. The van der Waals surface area contributed by atoms with Gasteiger partial charge in [0.15, 0.2) is 0 Å². The SMILES string of the molecule is COc1ccc(CNc2ncnc3cc(N4CCC5(CCCN5C(=O)OC(C)(C)C)C4)nc(Oc4c(C)ccc(OC)c4C)c23)c(OC)c1. The summed E-state index contributed by atoms with van der Waals surface area (Å²) in [5.74, 6) is 4.43. The first-order valence-electron chi connectivity index (χ1n) is 16.6. The van der Waals surface area contributed by atoms with E-state index in [4.69, 9.17) is 33.7 Å². The van der Waals surface area contributed by atoms with Crippen molar-refractivity contribution in [3.05, 3.63) is 59.4 Å². The lowest BCUT2D eigenvalue weighted by Gasteiger charge is -2.36. The summed E-state index contributed by atoms with van der Waals surface area (Å²) < 4.78 is 29.2. The number of hydrogen-bond acceptors (Lipinski definition) is 11. The van der Waals surface area contributed by atoms with Crippen molar-refractivity contribution in [2.45, 2.75) is 71.6 Å². The molecule has 0 aliphatic carbocycles. The number of aromatic nitrogens is 3. The molecule has 2 aliphatic rings. The third kappa shape index (κ3) is 6.81. The van der Waals surface area contributed by atoms with E-state index in [1.807, 2.05) is 75.9 Å². The highest BCUT2D eigenvalue weighted by atomic mass is 16.6. The predicted molar refractivity (Wildman–Crippen MR) is 188 cm³/mol. The highest BCUT2D eigenvalue weighted by Crippen LogP contribution is 2.43. The average molecular weight is 671 g/mol. The first-order valence-corrected chi connectivity index (χ1v) is 16.6. The van der Waals surface area contributed by atoms with E-state index in [0.717, 1.165) is 48.3 Å². The van der Waals surface area contributed by atoms with Crippen LogP contribution in [0.15, 0.2) is 42.7 Å². The number of methoxy groups -OCH3 is 3. The minimum Gasteiger partial charge on any atom is -0.497 e. The second-order valence-electron chi connectivity index (χ2n) is 13.7. The van der Waals surface area contributed by atoms with Crippen LogP contribution in [0.25, 0.3) is 10.9 Å². The predicted octanol–water partition coefficient (Wildman–Crippen LogP) is 7.05. The molecule has 0 radical (unpaired) electrons. The van der Waals surface area contributed by atoms with Crippen molar-refractivity contribution in [1.82, 2.24) is 19.9 Å². The molecule has 0 bridgehead atoms. The average Bonchev–Trinajstić information content (AvgIpc) is 3.71. The molecule has 1 unspecified atom stereocenters. The summed E-state index contributed by atoms with van der Waals surface area (Å²) in [6.45, 7) is 12.1. The van der Waals surface area contributed by atoms with Gasteiger partial charge in [0.2, 0.25) is 5.88 Å². The molecule has 260 valence electrons. The van der Waals surface area contributed by atoms with Crippen LogP contribution in [0, 0.1) is 13.8 Å². The maximum Gasteiger partial charge on any atom is 0.410 e. The summed E-state index contributed by atoms with van der Waals surface area (Å²) >= 11 is 0. The Morgan fingerprint density at radius 2 is 1.76 bits per heavy atom. The number of likely N-dealkylation sites (tertiary alicyclic amines) is 1. The summed E-state index contributed by atoms with van der Waals surface area (Å²) in [7, 11) is 4.90. The molecular formula is C37H46N6O6. The first kappa shape index (κ1) is 33.9. The van der Waals surface area contributed by atoms with Crippen molar-refractivity contribution in [1.29, 1.82) is 0 Å². The second kappa shape index (κ2) is 13.5. The molecule has 2 saturated heterocycles. The number of ether oxygens (including phenoxy) is 5. The van der Waals surface area contributed by atoms with Gasteiger partial charge < -0.3 is 38.8 Å². The summed E-state index contributed by atoms with van der Waals surface area (Å²) in [6.07, 6.45) is 3.94.